The van der Waals surface area contributed by atoms with Crippen LogP contribution < -0.4 is 5.32 Å². The van der Waals surface area contributed by atoms with Gasteiger partial charge in [-0.15, -0.1) is 22.0 Å². The first-order chi connectivity index (χ1) is 14.0. The molecule has 3 aromatic rings. The Balaban J connectivity index is 1.62. The number of rotatable bonds is 8. The fourth-order valence-electron chi connectivity index (χ4n) is 2.65. The zero-order chi connectivity index (χ0) is 20.8. The molecule has 1 atom stereocenters. The molecule has 0 aliphatic carbocycles. The fraction of sp³-hybridized carbons (Fsp3) is 0.286. The Bertz CT molecular complexity index is 973. The highest BCUT2D eigenvalue weighted by atomic mass is 32.2. The van der Waals surface area contributed by atoms with Crippen LogP contribution in [-0.4, -0.2) is 31.0 Å². The maximum absolute atomic E-state index is 12.5. The molecule has 0 aliphatic rings. The molecule has 0 aliphatic heterocycles. The van der Waals surface area contributed by atoms with Crippen LogP contribution in [0, 0.1) is 6.92 Å². The highest BCUT2D eigenvalue weighted by Gasteiger charge is 2.20. The van der Waals surface area contributed by atoms with Gasteiger partial charge in [0.1, 0.15) is 11.6 Å². The molecule has 152 valence electrons. The van der Waals surface area contributed by atoms with E-state index in [1.807, 2.05) is 18.4 Å². The van der Waals surface area contributed by atoms with Crippen molar-refractivity contribution in [1.29, 1.82) is 0 Å². The quantitative estimate of drug-likeness (QED) is 0.505. The van der Waals surface area contributed by atoms with Gasteiger partial charge in [0.2, 0.25) is 5.91 Å². The average Bonchev–Trinajstić information content (AvgIpc) is 3.09. The molecule has 2 aromatic carbocycles. The van der Waals surface area contributed by atoms with Crippen LogP contribution in [0.3, 0.4) is 0 Å². The fourth-order valence-corrected chi connectivity index (χ4v) is 4.42. The zero-order valence-electron chi connectivity index (χ0n) is 16.6. The van der Waals surface area contributed by atoms with Crippen LogP contribution >= 0.6 is 23.5 Å². The number of aromatic hydroxyl groups is 1. The number of nitrogens with zero attached hydrogens (tertiary/aromatic N) is 3. The molecular formula is C21H24N4O2S2. The van der Waals surface area contributed by atoms with Crippen LogP contribution in [0.2, 0.25) is 0 Å². The molecule has 6 nitrogen and oxygen atoms in total. The molecular weight excluding hydrogens is 404 g/mol. The summed E-state index contributed by atoms with van der Waals surface area (Å²) >= 11 is 3.09. The minimum atomic E-state index is -0.357. The first kappa shape index (κ1) is 21.3. The molecule has 0 radical (unpaired) electrons. The van der Waals surface area contributed by atoms with Crippen LogP contribution in [0.15, 0.2) is 58.6 Å². The zero-order valence-corrected chi connectivity index (χ0v) is 18.3. The number of phenolic OH excluding ortho intramolecular Hbond substituents is 1. The van der Waals surface area contributed by atoms with Crippen molar-refractivity contribution in [3.05, 3.63) is 59.9 Å². The number of hydrogen-bond acceptors (Lipinski definition) is 6. The van der Waals surface area contributed by atoms with Crippen LogP contribution in [-0.2, 0) is 17.1 Å². The molecule has 0 saturated carbocycles. The van der Waals surface area contributed by atoms with Gasteiger partial charge in [-0.25, -0.2) is 0 Å². The van der Waals surface area contributed by atoms with E-state index in [9.17, 15) is 9.90 Å². The average molecular weight is 429 g/mol. The number of hydrogen-bond donors (Lipinski definition) is 2. The monoisotopic (exact) mass is 428 g/mol. The van der Waals surface area contributed by atoms with Crippen molar-refractivity contribution in [2.75, 3.05) is 5.32 Å². The third-order valence-electron chi connectivity index (χ3n) is 4.26. The van der Waals surface area contributed by atoms with Crippen molar-refractivity contribution in [1.82, 2.24) is 14.8 Å². The summed E-state index contributed by atoms with van der Waals surface area (Å²) in [6.45, 7) is 6.69. The van der Waals surface area contributed by atoms with Gasteiger partial charge in [-0.05, 0) is 45.0 Å². The molecule has 0 saturated heterocycles. The lowest BCUT2D eigenvalue weighted by Crippen LogP contribution is -2.23. The van der Waals surface area contributed by atoms with E-state index in [-0.39, 0.29) is 16.9 Å². The van der Waals surface area contributed by atoms with Gasteiger partial charge < -0.3 is 15.0 Å². The predicted octanol–water partition coefficient (Wildman–Crippen LogP) is 4.72. The number of nitrogens with one attached hydrogen (secondary N) is 1. The lowest BCUT2D eigenvalue weighted by molar-refractivity contribution is -0.115. The number of aromatic nitrogens is 3. The number of anilines is 1. The Morgan fingerprint density at radius 2 is 1.97 bits per heavy atom. The number of benzene rings is 2. The lowest BCUT2D eigenvalue weighted by Gasteiger charge is -2.13. The molecule has 0 spiro atoms. The first-order valence-electron chi connectivity index (χ1n) is 9.34. The van der Waals surface area contributed by atoms with E-state index in [1.165, 1.54) is 28.3 Å². The second kappa shape index (κ2) is 9.84. The second-order valence-electron chi connectivity index (χ2n) is 6.54. The van der Waals surface area contributed by atoms with Crippen LogP contribution in [0.4, 0.5) is 5.69 Å². The highest BCUT2D eigenvalue weighted by Crippen LogP contribution is 2.27. The van der Waals surface area contributed by atoms with Gasteiger partial charge in [0.25, 0.3) is 0 Å². The molecule has 0 fully saturated rings. The number of thioether (sulfide) groups is 2. The summed E-state index contributed by atoms with van der Waals surface area (Å²) in [4.78, 5) is 13.7. The topological polar surface area (TPSA) is 80.0 Å². The van der Waals surface area contributed by atoms with E-state index in [2.05, 4.69) is 46.7 Å². The van der Waals surface area contributed by atoms with E-state index in [1.54, 1.807) is 30.0 Å². The molecule has 2 N–H and O–H groups in total. The van der Waals surface area contributed by atoms with E-state index >= 15 is 0 Å². The first-order valence-corrected chi connectivity index (χ1v) is 11.2. The molecule has 1 amide bonds. The van der Waals surface area contributed by atoms with E-state index in [4.69, 9.17) is 0 Å². The van der Waals surface area contributed by atoms with Gasteiger partial charge in [0.15, 0.2) is 5.16 Å². The summed E-state index contributed by atoms with van der Waals surface area (Å²) in [6.07, 6.45) is 0. The molecule has 0 bridgehead atoms. The van der Waals surface area contributed by atoms with Crippen molar-refractivity contribution in [3.8, 4) is 5.75 Å². The van der Waals surface area contributed by atoms with Crippen LogP contribution in [0.5, 0.6) is 5.75 Å². The third kappa shape index (κ3) is 5.77. The summed E-state index contributed by atoms with van der Waals surface area (Å²) in [5, 5.41) is 21.4. The molecule has 1 heterocycles. The van der Waals surface area contributed by atoms with Gasteiger partial charge in [0, 0.05) is 23.2 Å². The maximum atomic E-state index is 12.5. The van der Waals surface area contributed by atoms with Crippen LogP contribution in [0.25, 0.3) is 0 Å². The van der Waals surface area contributed by atoms with Crippen molar-refractivity contribution in [3.63, 3.8) is 0 Å². The second-order valence-corrected chi connectivity index (χ2v) is 8.90. The molecule has 1 unspecified atom stereocenters. The van der Waals surface area contributed by atoms with Crippen molar-refractivity contribution in [2.24, 2.45) is 0 Å². The molecule has 3 rings (SSSR count). The Morgan fingerprint density at radius 1 is 1.21 bits per heavy atom. The highest BCUT2D eigenvalue weighted by molar-refractivity contribution is 8.00. The largest absolute Gasteiger partial charge is 0.508 e. The Hall–Kier alpha value is -2.45. The number of phenols is 1. The van der Waals surface area contributed by atoms with Crippen molar-refractivity contribution >= 4 is 35.1 Å². The Kier molecular flexibility index (Phi) is 7.22. The molecule has 8 heteroatoms. The van der Waals surface area contributed by atoms with Gasteiger partial charge in [0.05, 0.1) is 11.0 Å². The summed E-state index contributed by atoms with van der Waals surface area (Å²) in [5.74, 6) is 1.57. The minimum Gasteiger partial charge on any atom is -0.508 e. The third-order valence-corrected chi connectivity index (χ3v) is 6.35. The van der Waals surface area contributed by atoms with Gasteiger partial charge in [-0.2, -0.15) is 0 Å². The summed E-state index contributed by atoms with van der Waals surface area (Å²) < 4.78 is 2.05. The van der Waals surface area contributed by atoms with Crippen molar-refractivity contribution in [2.45, 2.75) is 48.4 Å². The standard InChI is InChI=1S/C21H24N4O2S2/c1-4-25-19(13-28-18-10-8-14(2)9-11-18)23-24-21(25)29-15(3)20(27)22-16-6-5-7-17(26)12-16/h5-12,15,26H,4,13H2,1-3H3,(H,22,27). The van der Waals surface area contributed by atoms with Crippen molar-refractivity contribution < 1.29 is 9.90 Å². The summed E-state index contributed by atoms with van der Waals surface area (Å²) in [6, 6.07) is 14.9. The summed E-state index contributed by atoms with van der Waals surface area (Å²) in [7, 11) is 0. The predicted molar refractivity (Wildman–Crippen MR) is 118 cm³/mol. The van der Waals surface area contributed by atoms with Gasteiger partial charge in [-0.1, -0.05) is 35.5 Å². The number of aryl methyl sites for hydroxylation is 1. The van der Waals surface area contributed by atoms with E-state index in [0.29, 0.717) is 11.4 Å². The normalized spacial score (nSPS) is 12.0. The Morgan fingerprint density at radius 3 is 2.66 bits per heavy atom. The Labute approximate surface area is 179 Å². The number of carbonyl (C=O) groups is 1. The molecule has 29 heavy (non-hydrogen) atoms. The smallest absolute Gasteiger partial charge is 0.237 e. The SMILES string of the molecule is CCn1c(CSc2ccc(C)cc2)nnc1SC(C)C(=O)Nc1cccc(O)c1. The number of carbonyl (C=O) groups excluding carboxylic acids is 1. The minimum absolute atomic E-state index is 0.115. The number of amides is 1. The van der Waals surface area contributed by atoms with Gasteiger partial charge in [-0.3, -0.25) is 4.79 Å². The van der Waals surface area contributed by atoms with Gasteiger partial charge >= 0.3 is 0 Å². The summed E-state index contributed by atoms with van der Waals surface area (Å²) in [5.41, 5.74) is 1.80. The van der Waals surface area contributed by atoms with E-state index in [0.717, 1.165) is 17.5 Å². The molecule has 1 aromatic heterocycles. The van der Waals surface area contributed by atoms with E-state index < -0.39 is 0 Å². The maximum Gasteiger partial charge on any atom is 0.237 e. The lowest BCUT2D eigenvalue weighted by atomic mass is 10.2. The van der Waals surface area contributed by atoms with Crippen LogP contribution in [0.1, 0.15) is 25.2 Å².